The Morgan fingerprint density at radius 3 is 2.31 bits per heavy atom. The highest BCUT2D eigenvalue weighted by molar-refractivity contribution is 7.89. The maximum atomic E-state index is 13.0. The lowest BCUT2D eigenvalue weighted by Crippen LogP contribution is -2.38. The Bertz CT molecular complexity index is 1010. The van der Waals surface area contributed by atoms with Gasteiger partial charge in [-0.3, -0.25) is 0 Å². The highest BCUT2D eigenvalue weighted by atomic mass is 35.5. The van der Waals surface area contributed by atoms with Crippen molar-refractivity contribution in [3.05, 3.63) is 40.6 Å². The van der Waals surface area contributed by atoms with Crippen molar-refractivity contribution >= 4 is 21.6 Å². The van der Waals surface area contributed by atoms with Crippen LogP contribution in [0.1, 0.15) is 42.6 Å². The Kier molecular flexibility index (Phi) is 5.60. The highest BCUT2D eigenvalue weighted by Crippen LogP contribution is 2.39. The average molecular weight is 464 g/mol. The van der Waals surface area contributed by atoms with E-state index in [0.29, 0.717) is 31.0 Å². The fourth-order valence-corrected chi connectivity index (χ4v) is 5.11. The number of piperidine rings is 1. The second-order valence-electron chi connectivity index (χ2n) is 6.21. The van der Waals surface area contributed by atoms with E-state index in [1.807, 2.05) is 0 Å². The topological polar surface area (TPSA) is 76.3 Å². The molecule has 14 heteroatoms. The molecule has 1 saturated heterocycles. The molecule has 0 aliphatic carbocycles. The van der Waals surface area contributed by atoms with Gasteiger partial charge in [0.15, 0.2) is 0 Å². The monoisotopic (exact) mass is 463 g/mol. The molecule has 0 spiro atoms. The van der Waals surface area contributed by atoms with Crippen molar-refractivity contribution < 1.29 is 39.2 Å². The number of sulfonamides is 1. The van der Waals surface area contributed by atoms with E-state index < -0.39 is 55.7 Å². The number of benzene rings is 1. The molecule has 0 saturated carbocycles. The number of halogens is 7. The first-order chi connectivity index (χ1) is 13.3. The van der Waals surface area contributed by atoms with Crippen molar-refractivity contribution in [3.63, 3.8) is 0 Å². The predicted octanol–water partition coefficient (Wildman–Crippen LogP) is 4.68. The van der Waals surface area contributed by atoms with Gasteiger partial charge in [-0.15, -0.1) is 10.2 Å². The molecule has 1 atom stereocenters. The summed E-state index contributed by atoms with van der Waals surface area (Å²) in [5.74, 6) is -2.17. The molecule has 1 aliphatic heterocycles. The van der Waals surface area contributed by atoms with Gasteiger partial charge in [0.1, 0.15) is 10.9 Å². The molecule has 6 nitrogen and oxygen atoms in total. The number of alkyl halides is 6. The molecule has 1 aromatic heterocycles. The molecule has 0 radical (unpaired) electrons. The van der Waals surface area contributed by atoms with Gasteiger partial charge in [-0.2, -0.15) is 30.6 Å². The first-order valence-corrected chi connectivity index (χ1v) is 9.93. The van der Waals surface area contributed by atoms with Crippen LogP contribution in [0.25, 0.3) is 0 Å². The second-order valence-corrected chi connectivity index (χ2v) is 8.48. The lowest BCUT2D eigenvalue weighted by molar-refractivity contribution is -0.157. The summed E-state index contributed by atoms with van der Waals surface area (Å²) in [5, 5.41) is 5.54. The van der Waals surface area contributed by atoms with E-state index in [1.54, 1.807) is 0 Å². The fourth-order valence-electron chi connectivity index (χ4n) is 2.94. The minimum Gasteiger partial charge on any atom is -0.416 e. The van der Waals surface area contributed by atoms with E-state index in [4.69, 9.17) is 11.6 Å². The summed E-state index contributed by atoms with van der Waals surface area (Å²) in [6.07, 6.45) is -8.68. The van der Waals surface area contributed by atoms with Crippen LogP contribution in [-0.4, -0.2) is 29.5 Å². The molecule has 1 aromatic carbocycles. The molecule has 1 fully saturated rings. The van der Waals surface area contributed by atoms with Crippen molar-refractivity contribution in [2.75, 3.05) is 6.54 Å². The van der Waals surface area contributed by atoms with Crippen LogP contribution in [-0.2, 0) is 22.4 Å². The van der Waals surface area contributed by atoms with E-state index in [-0.39, 0.29) is 13.0 Å². The Balaban J connectivity index is 1.99. The molecule has 29 heavy (non-hydrogen) atoms. The molecule has 160 valence electrons. The standard InChI is InChI=1S/C15H12ClF6N3O3S/c16-9-7-8(14(17,18)19)4-5-11(9)29(26,27)25-6-2-1-3-10(25)12-23-24-13(28-12)15(20,21)22/h4-5,7,10H,1-3,6H2. The molecular formula is C15H12ClF6N3O3S. The molecule has 0 bridgehead atoms. The maximum Gasteiger partial charge on any atom is 0.470 e. The van der Waals surface area contributed by atoms with Crippen molar-refractivity contribution in [1.29, 1.82) is 0 Å². The van der Waals surface area contributed by atoms with Crippen LogP contribution in [0.5, 0.6) is 0 Å². The number of hydrogen-bond donors (Lipinski definition) is 0. The first kappa shape index (κ1) is 21.8. The van der Waals surface area contributed by atoms with Crippen LogP contribution in [0, 0.1) is 0 Å². The molecule has 0 amide bonds. The van der Waals surface area contributed by atoms with Gasteiger partial charge in [-0.05, 0) is 31.0 Å². The Labute approximate surface area is 165 Å². The highest BCUT2D eigenvalue weighted by Gasteiger charge is 2.43. The quantitative estimate of drug-likeness (QED) is 0.618. The number of rotatable bonds is 3. The van der Waals surface area contributed by atoms with Gasteiger partial charge >= 0.3 is 18.2 Å². The summed E-state index contributed by atoms with van der Waals surface area (Å²) in [5.41, 5.74) is -1.14. The van der Waals surface area contributed by atoms with Crippen LogP contribution in [0.2, 0.25) is 5.02 Å². The third-order valence-corrected chi connectivity index (χ3v) is 6.66. The number of aromatic nitrogens is 2. The summed E-state index contributed by atoms with van der Waals surface area (Å²) >= 11 is 5.79. The van der Waals surface area contributed by atoms with Crippen LogP contribution >= 0.6 is 11.6 Å². The number of hydrogen-bond acceptors (Lipinski definition) is 5. The molecule has 2 heterocycles. The first-order valence-electron chi connectivity index (χ1n) is 8.11. The van der Waals surface area contributed by atoms with Gasteiger partial charge in [0.05, 0.1) is 10.6 Å². The van der Waals surface area contributed by atoms with Crippen molar-refractivity contribution in [2.24, 2.45) is 0 Å². The van der Waals surface area contributed by atoms with E-state index in [0.717, 1.165) is 4.31 Å². The van der Waals surface area contributed by atoms with Gasteiger partial charge in [-0.1, -0.05) is 18.0 Å². The molecule has 3 rings (SSSR count). The zero-order valence-electron chi connectivity index (χ0n) is 14.3. The molecule has 1 aliphatic rings. The van der Waals surface area contributed by atoms with E-state index in [9.17, 15) is 34.8 Å². The Hall–Kier alpha value is -1.86. The lowest BCUT2D eigenvalue weighted by Gasteiger charge is -2.32. The van der Waals surface area contributed by atoms with E-state index in [2.05, 4.69) is 14.6 Å². The second kappa shape index (κ2) is 7.43. The van der Waals surface area contributed by atoms with Gasteiger partial charge in [-0.25, -0.2) is 8.42 Å². The average Bonchev–Trinajstić information content (AvgIpc) is 3.11. The van der Waals surface area contributed by atoms with E-state index >= 15 is 0 Å². The minimum absolute atomic E-state index is 0.0942. The third kappa shape index (κ3) is 4.36. The molecule has 1 unspecified atom stereocenters. The summed E-state index contributed by atoms with van der Waals surface area (Å²) in [7, 11) is -4.45. The van der Waals surface area contributed by atoms with Crippen LogP contribution in [0.15, 0.2) is 27.5 Å². The predicted molar refractivity (Wildman–Crippen MR) is 86.2 cm³/mol. The van der Waals surface area contributed by atoms with Crippen LogP contribution in [0.3, 0.4) is 0 Å². The summed E-state index contributed by atoms with van der Waals surface area (Å²) in [6, 6.07) is 0.547. The Morgan fingerprint density at radius 2 is 1.76 bits per heavy atom. The summed E-state index contributed by atoms with van der Waals surface area (Å²) in [6.45, 7) is -0.103. The van der Waals surface area contributed by atoms with E-state index in [1.165, 1.54) is 0 Å². The largest absolute Gasteiger partial charge is 0.470 e. The van der Waals surface area contributed by atoms with Crippen LogP contribution < -0.4 is 0 Å². The lowest BCUT2D eigenvalue weighted by atomic mass is 10.1. The molecular weight excluding hydrogens is 452 g/mol. The van der Waals surface area contributed by atoms with Crippen molar-refractivity contribution in [2.45, 2.75) is 42.6 Å². The summed E-state index contributed by atoms with van der Waals surface area (Å²) in [4.78, 5) is -0.602. The van der Waals surface area contributed by atoms with Gasteiger partial charge in [0.25, 0.3) is 0 Å². The normalized spacial score (nSPS) is 19.5. The molecule has 0 N–H and O–H groups in total. The van der Waals surface area contributed by atoms with Gasteiger partial charge < -0.3 is 4.42 Å². The number of nitrogens with zero attached hydrogens (tertiary/aromatic N) is 3. The van der Waals surface area contributed by atoms with Crippen molar-refractivity contribution in [3.8, 4) is 0 Å². The summed E-state index contributed by atoms with van der Waals surface area (Å²) < 4.78 is 108. The van der Waals surface area contributed by atoms with Gasteiger partial charge in [0.2, 0.25) is 15.9 Å². The van der Waals surface area contributed by atoms with Crippen molar-refractivity contribution in [1.82, 2.24) is 14.5 Å². The fraction of sp³-hybridized carbons (Fsp3) is 0.467. The SMILES string of the molecule is O=S(=O)(c1ccc(C(F)(F)F)cc1Cl)N1CCCCC1c1nnc(C(F)(F)F)o1. The smallest absolute Gasteiger partial charge is 0.416 e. The zero-order valence-corrected chi connectivity index (χ0v) is 15.8. The maximum absolute atomic E-state index is 13.0. The minimum atomic E-state index is -4.90. The third-order valence-electron chi connectivity index (χ3n) is 4.27. The Morgan fingerprint density at radius 1 is 1.07 bits per heavy atom. The molecule has 2 aromatic rings. The van der Waals surface area contributed by atoms with Gasteiger partial charge in [0, 0.05) is 6.54 Å². The van der Waals surface area contributed by atoms with Crippen LogP contribution in [0.4, 0.5) is 26.3 Å². The zero-order chi connectivity index (χ0) is 21.6.